The van der Waals surface area contributed by atoms with Gasteiger partial charge in [0.05, 0.1) is 23.2 Å². The third kappa shape index (κ3) is 4.82. The quantitative estimate of drug-likeness (QED) is 0.593. The maximum Gasteiger partial charge on any atom is 0.326 e. The Bertz CT molecular complexity index is 1150. The van der Waals surface area contributed by atoms with E-state index in [9.17, 15) is 9.59 Å². The van der Waals surface area contributed by atoms with Gasteiger partial charge in [0.15, 0.2) is 4.80 Å². The number of amides is 1. The summed E-state index contributed by atoms with van der Waals surface area (Å²) in [6.07, 6.45) is 0.234. The normalized spacial score (nSPS) is 11.8. The largest absolute Gasteiger partial charge is 0.465 e. The molecular weight excluding hydrogens is 384 g/mol. The Morgan fingerprint density at radius 3 is 2.45 bits per heavy atom. The van der Waals surface area contributed by atoms with Crippen LogP contribution in [0.3, 0.4) is 0 Å². The predicted molar refractivity (Wildman–Crippen MR) is 116 cm³/mol. The highest BCUT2D eigenvalue weighted by atomic mass is 32.1. The first-order valence-corrected chi connectivity index (χ1v) is 10.5. The molecule has 1 aromatic heterocycles. The van der Waals surface area contributed by atoms with E-state index < -0.39 is 0 Å². The Morgan fingerprint density at radius 1 is 1.03 bits per heavy atom. The van der Waals surface area contributed by atoms with E-state index in [1.54, 1.807) is 11.5 Å². The highest BCUT2D eigenvalue weighted by molar-refractivity contribution is 7.16. The average molecular weight is 411 g/mol. The zero-order valence-corrected chi connectivity index (χ0v) is 18.4. The molecule has 152 valence electrons. The third-order valence-corrected chi connectivity index (χ3v) is 6.00. The number of aromatic nitrogens is 1. The van der Waals surface area contributed by atoms with Crippen LogP contribution in [0.5, 0.6) is 0 Å². The molecule has 6 heteroatoms. The molecule has 0 aliphatic carbocycles. The number of fused-ring (bicyclic) bond motifs is 1. The number of benzene rings is 2. The average Bonchev–Trinajstić information content (AvgIpc) is 2.95. The first kappa shape index (κ1) is 21.0. The Balaban J connectivity index is 2.05. The zero-order valence-electron chi connectivity index (χ0n) is 17.5. The second-order valence-corrected chi connectivity index (χ2v) is 8.30. The summed E-state index contributed by atoms with van der Waals surface area (Å²) < 4.78 is 7.94. The fourth-order valence-corrected chi connectivity index (χ4v) is 4.54. The number of aryl methyl sites for hydroxylation is 4. The number of thiazole rings is 1. The zero-order chi connectivity index (χ0) is 21.1. The molecule has 1 amide bonds. The van der Waals surface area contributed by atoms with Gasteiger partial charge in [0.1, 0.15) is 6.54 Å². The van der Waals surface area contributed by atoms with Crippen LogP contribution in [0.1, 0.15) is 34.7 Å². The lowest BCUT2D eigenvalue weighted by Crippen LogP contribution is -2.23. The summed E-state index contributed by atoms with van der Waals surface area (Å²) in [5, 5.41) is 0. The van der Waals surface area contributed by atoms with E-state index in [1.165, 1.54) is 16.9 Å². The van der Waals surface area contributed by atoms with Gasteiger partial charge in [0.25, 0.3) is 5.91 Å². The van der Waals surface area contributed by atoms with Crippen LogP contribution in [-0.4, -0.2) is 23.1 Å². The number of hydrogen-bond donors (Lipinski definition) is 0. The van der Waals surface area contributed by atoms with Crippen molar-refractivity contribution in [1.82, 2.24) is 4.57 Å². The summed E-state index contributed by atoms with van der Waals surface area (Å²) >= 11 is 1.43. The second kappa shape index (κ2) is 8.74. The fraction of sp³-hybridized carbons (Fsp3) is 0.348. The summed E-state index contributed by atoms with van der Waals surface area (Å²) in [5.41, 5.74) is 6.31. The van der Waals surface area contributed by atoms with E-state index in [0.717, 1.165) is 32.5 Å². The lowest BCUT2D eigenvalue weighted by Gasteiger charge is -2.07. The van der Waals surface area contributed by atoms with Gasteiger partial charge in [-0.2, -0.15) is 4.99 Å². The summed E-state index contributed by atoms with van der Waals surface area (Å²) in [6, 6.07) is 10.2. The third-order valence-electron chi connectivity index (χ3n) is 4.77. The minimum atomic E-state index is -0.338. The van der Waals surface area contributed by atoms with Crippen molar-refractivity contribution in [2.75, 3.05) is 6.61 Å². The molecule has 0 fully saturated rings. The maximum absolute atomic E-state index is 12.7. The van der Waals surface area contributed by atoms with E-state index in [4.69, 9.17) is 4.74 Å². The molecule has 5 nitrogen and oxygen atoms in total. The Kier molecular flexibility index (Phi) is 6.33. The number of carbonyl (C=O) groups excluding carboxylic acids is 2. The molecule has 0 atom stereocenters. The summed E-state index contributed by atoms with van der Waals surface area (Å²) in [4.78, 5) is 29.8. The van der Waals surface area contributed by atoms with E-state index in [1.807, 2.05) is 45.9 Å². The van der Waals surface area contributed by atoms with Crippen molar-refractivity contribution in [3.05, 3.63) is 63.0 Å². The van der Waals surface area contributed by atoms with E-state index in [0.29, 0.717) is 11.4 Å². The molecule has 3 aromatic rings. The number of rotatable bonds is 5. The standard InChI is InChI=1S/C23H26N2O3S/c1-6-28-21(27)13-25-19-11-15(3)10-17(5)22(19)29-23(25)24-20(26)12-18-8-7-14(2)9-16(18)4/h7-11H,6,12-13H2,1-5H3. The van der Waals surface area contributed by atoms with E-state index in [-0.39, 0.29) is 24.8 Å². The van der Waals surface area contributed by atoms with Crippen molar-refractivity contribution < 1.29 is 14.3 Å². The Labute approximate surface area is 174 Å². The first-order chi connectivity index (χ1) is 13.8. The smallest absolute Gasteiger partial charge is 0.326 e. The number of esters is 1. The molecule has 0 aliphatic rings. The van der Waals surface area contributed by atoms with Crippen LogP contribution in [0.2, 0.25) is 0 Å². The first-order valence-electron chi connectivity index (χ1n) is 9.68. The number of nitrogens with zero attached hydrogens (tertiary/aromatic N) is 2. The van der Waals surface area contributed by atoms with Gasteiger partial charge in [0.2, 0.25) is 0 Å². The Hall–Kier alpha value is -2.73. The van der Waals surface area contributed by atoms with E-state index in [2.05, 4.69) is 17.1 Å². The Morgan fingerprint density at radius 2 is 1.76 bits per heavy atom. The molecule has 0 bridgehead atoms. The fourth-order valence-electron chi connectivity index (χ4n) is 3.44. The minimum absolute atomic E-state index is 0.0341. The highest BCUT2D eigenvalue weighted by Crippen LogP contribution is 2.23. The minimum Gasteiger partial charge on any atom is -0.465 e. The molecule has 2 aromatic carbocycles. The topological polar surface area (TPSA) is 60.7 Å². The predicted octanol–water partition coefficient (Wildman–Crippen LogP) is 4.17. The van der Waals surface area contributed by atoms with Crippen LogP contribution in [0.15, 0.2) is 35.3 Å². The van der Waals surface area contributed by atoms with Crippen LogP contribution in [0.25, 0.3) is 10.2 Å². The van der Waals surface area contributed by atoms with Gasteiger partial charge in [-0.1, -0.05) is 41.2 Å². The molecule has 0 spiro atoms. The van der Waals surface area contributed by atoms with Gasteiger partial charge in [-0.15, -0.1) is 0 Å². The van der Waals surface area contributed by atoms with Gasteiger partial charge in [-0.25, -0.2) is 0 Å². The van der Waals surface area contributed by atoms with Crippen molar-refractivity contribution in [2.24, 2.45) is 4.99 Å². The number of ether oxygens (including phenoxy) is 1. The van der Waals surface area contributed by atoms with Crippen molar-refractivity contribution in [3.63, 3.8) is 0 Å². The van der Waals surface area contributed by atoms with Gasteiger partial charge in [-0.05, 0) is 62.9 Å². The van der Waals surface area contributed by atoms with Gasteiger partial charge >= 0.3 is 5.97 Å². The second-order valence-electron chi connectivity index (χ2n) is 7.32. The van der Waals surface area contributed by atoms with E-state index >= 15 is 0 Å². The van der Waals surface area contributed by atoms with Crippen molar-refractivity contribution in [2.45, 2.75) is 47.6 Å². The molecular formula is C23H26N2O3S. The molecule has 0 unspecified atom stereocenters. The molecule has 1 heterocycles. The van der Waals surface area contributed by atoms with Crippen LogP contribution in [0, 0.1) is 27.7 Å². The van der Waals surface area contributed by atoms with Crippen LogP contribution >= 0.6 is 11.3 Å². The van der Waals surface area contributed by atoms with Crippen molar-refractivity contribution >= 4 is 33.4 Å². The van der Waals surface area contributed by atoms with Crippen molar-refractivity contribution in [3.8, 4) is 0 Å². The number of hydrogen-bond acceptors (Lipinski definition) is 4. The van der Waals surface area contributed by atoms with Crippen LogP contribution in [0.4, 0.5) is 0 Å². The molecule has 0 radical (unpaired) electrons. The summed E-state index contributed by atoms with van der Waals surface area (Å²) in [6.45, 7) is 10.2. The highest BCUT2D eigenvalue weighted by Gasteiger charge is 2.14. The summed E-state index contributed by atoms with van der Waals surface area (Å²) in [7, 11) is 0. The molecule has 0 N–H and O–H groups in total. The molecule has 0 saturated heterocycles. The summed E-state index contributed by atoms with van der Waals surface area (Å²) in [5.74, 6) is -0.565. The van der Waals surface area contributed by atoms with Crippen molar-refractivity contribution in [1.29, 1.82) is 0 Å². The van der Waals surface area contributed by atoms with Gasteiger partial charge < -0.3 is 9.30 Å². The van der Waals surface area contributed by atoms with Gasteiger partial charge in [0, 0.05) is 0 Å². The van der Waals surface area contributed by atoms with Crippen LogP contribution < -0.4 is 4.80 Å². The monoisotopic (exact) mass is 410 g/mol. The van der Waals surface area contributed by atoms with Gasteiger partial charge in [-0.3, -0.25) is 9.59 Å². The SMILES string of the molecule is CCOC(=O)Cn1c(=NC(=O)Cc2ccc(C)cc2C)sc2c(C)cc(C)cc21. The molecule has 3 rings (SSSR count). The lowest BCUT2D eigenvalue weighted by atomic mass is 10.0. The molecule has 0 aliphatic heterocycles. The molecule has 0 saturated carbocycles. The molecule has 29 heavy (non-hydrogen) atoms. The lowest BCUT2D eigenvalue weighted by molar-refractivity contribution is -0.143. The maximum atomic E-state index is 12.7. The van der Waals surface area contributed by atoms with Crippen LogP contribution in [-0.2, 0) is 27.3 Å². The number of carbonyl (C=O) groups is 2.